The van der Waals surface area contributed by atoms with Crippen molar-refractivity contribution < 1.29 is 9.53 Å². The Kier molecular flexibility index (Phi) is 6.18. The van der Waals surface area contributed by atoms with Gasteiger partial charge < -0.3 is 15.0 Å². The molecule has 0 bridgehead atoms. The number of hydrogen-bond donors (Lipinski definition) is 1. The molecule has 0 aromatic heterocycles. The molecule has 3 rings (SSSR count). The van der Waals surface area contributed by atoms with Gasteiger partial charge in [0.25, 0.3) is 0 Å². The van der Waals surface area contributed by atoms with E-state index >= 15 is 0 Å². The highest BCUT2D eigenvalue weighted by Crippen LogP contribution is 2.32. The first-order valence-corrected chi connectivity index (χ1v) is 10.7. The summed E-state index contributed by atoms with van der Waals surface area (Å²) in [7, 11) is 0. The summed E-state index contributed by atoms with van der Waals surface area (Å²) >= 11 is 0. The predicted molar refractivity (Wildman–Crippen MR) is 116 cm³/mol. The van der Waals surface area contributed by atoms with Crippen molar-refractivity contribution in [2.45, 2.75) is 83.8 Å². The number of fused-ring (bicyclic) bond motifs is 1. The van der Waals surface area contributed by atoms with Gasteiger partial charge in [0.1, 0.15) is 5.75 Å². The Morgan fingerprint density at radius 1 is 1.25 bits per heavy atom. The Labute approximate surface area is 170 Å². The van der Waals surface area contributed by atoms with E-state index < -0.39 is 0 Å². The molecule has 2 aliphatic rings. The second-order valence-corrected chi connectivity index (χ2v) is 9.64. The second kappa shape index (κ2) is 8.28. The number of nitrogens with one attached hydrogen (secondary N) is 1. The molecular weight excluding hydrogens is 348 g/mol. The van der Waals surface area contributed by atoms with Gasteiger partial charge in [-0.05, 0) is 76.3 Å². The first-order chi connectivity index (χ1) is 13.2. The molecule has 0 unspecified atom stereocenters. The van der Waals surface area contributed by atoms with E-state index in [-0.39, 0.29) is 23.0 Å². The number of benzene rings is 1. The highest BCUT2D eigenvalue weighted by Gasteiger charge is 2.40. The SMILES string of the molecule is CCCCN(C(=O)/C=C/c1ccc2c(c1)CCO2)C1CC(C)(C)NC(C)(C)C1. The molecule has 154 valence electrons. The summed E-state index contributed by atoms with van der Waals surface area (Å²) in [6, 6.07) is 6.45. The number of unbranched alkanes of at least 4 members (excludes halogenated alkanes) is 1. The molecule has 0 spiro atoms. The predicted octanol–water partition coefficient (Wildman–Crippen LogP) is 4.57. The van der Waals surface area contributed by atoms with Gasteiger partial charge in [0.05, 0.1) is 6.61 Å². The Morgan fingerprint density at radius 2 is 1.96 bits per heavy atom. The molecule has 0 atom stereocenters. The minimum absolute atomic E-state index is 0.0286. The molecule has 0 radical (unpaired) electrons. The normalized spacial score (nSPS) is 20.8. The summed E-state index contributed by atoms with van der Waals surface area (Å²) in [6.45, 7) is 12.7. The van der Waals surface area contributed by atoms with Crippen molar-refractivity contribution in [1.82, 2.24) is 10.2 Å². The van der Waals surface area contributed by atoms with Crippen LogP contribution in [-0.2, 0) is 11.2 Å². The van der Waals surface area contributed by atoms with Crippen LogP contribution in [0.5, 0.6) is 5.75 Å². The summed E-state index contributed by atoms with van der Waals surface area (Å²) in [5.41, 5.74) is 2.36. The molecule has 1 fully saturated rings. The van der Waals surface area contributed by atoms with Crippen LogP contribution in [0.3, 0.4) is 0 Å². The first-order valence-electron chi connectivity index (χ1n) is 10.7. The molecule has 1 aromatic carbocycles. The van der Waals surface area contributed by atoms with E-state index in [1.165, 1.54) is 5.56 Å². The minimum atomic E-state index is 0.0286. The third-order valence-corrected chi connectivity index (χ3v) is 5.78. The van der Waals surface area contributed by atoms with Crippen molar-refractivity contribution >= 4 is 12.0 Å². The third-order valence-electron chi connectivity index (χ3n) is 5.78. The minimum Gasteiger partial charge on any atom is -0.493 e. The van der Waals surface area contributed by atoms with Crippen LogP contribution in [0.25, 0.3) is 6.08 Å². The van der Waals surface area contributed by atoms with Crippen molar-refractivity contribution in [2.24, 2.45) is 0 Å². The fourth-order valence-corrected chi connectivity index (χ4v) is 4.86. The number of carbonyl (C=O) groups excluding carboxylic acids is 1. The molecule has 4 heteroatoms. The Morgan fingerprint density at radius 3 is 2.64 bits per heavy atom. The number of nitrogens with zero attached hydrogens (tertiary/aromatic N) is 1. The van der Waals surface area contributed by atoms with Crippen molar-refractivity contribution in [3.63, 3.8) is 0 Å². The zero-order chi connectivity index (χ0) is 20.4. The molecule has 1 saturated heterocycles. The van der Waals surface area contributed by atoms with Crippen molar-refractivity contribution in [2.75, 3.05) is 13.2 Å². The highest BCUT2D eigenvalue weighted by molar-refractivity contribution is 5.92. The fraction of sp³-hybridized carbons (Fsp3) is 0.625. The monoisotopic (exact) mass is 384 g/mol. The van der Waals surface area contributed by atoms with Gasteiger partial charge in [0, 0.05) is 36.2 Å². The van der Waals surface area contributed by atoms with Crippen LogP contribution in [0.2, 0.25) is 0 Å². The molecule has 28 heavy (non-hydrogen) atoms. The van der Waals surface area contributed by atoms with Gasteiger partial charge in [-0.25, -0.2) is 0 Å². The first kappa shape index (κ1) is 20.9. The van der Waals surface area contributed by atoms with Gasteiger partial charge in [-0.3, -0.25) is 4.79 Å². The van der Waals surface area contributed by atoms with Gasteiger partial charge in [-0.1, -0.05) is 19.4 Å². The fourth-order valence-electron chi connectivity index (χ4n) is 4.86. The van der Waals surface area contributed by atoms with Crippen LogP contribution < -0.4 is 10.1 Å². The zero-order valence-corrected chi connectivity index (χ0v) is 18.2. The molecule has 2 heterocycles. The molecule has 1 amide bonds. The van der Waals surface area contributed by atoms with E-state index in [0.717, 1.165) is 56.6 Å². The van der Waals surface area contributed by atoms with Gasteiger partial charge in [-0.15, -0.1) is 0 Å². The average molecular weight is 385 g/mol. The van der Waals surface area contributed by atoms with E-state index in [2.05, 4.69) is 50.9 Å². The summed E-state index contributed by atoms with van der Waals surface area (Å²) < 4.78 is 5.57. The molecule has 1 aromatic rings. The second-order valence-electron chi connectivity index (χ2n) is 9.64. The maximum atomic E-state index is 13.2. The van der Waals surface area contributed by atoms with Crippen LogP contribution >= 0.6 is 0 Å². The van der Waals surface area contributed by atoms with E-state index in [0.29, 0.717) is 0 Å². The van der Waals surface area contributed by atoms with Crippen LogP contribution in [0.1, 0.15) is 71.4 Å². The number of amides is 1. The van der Waals surface area contributed by atoms with E-state index in [9.17, 15) is 4.79 Å². The topological polar surface area (TPSA) is 41.6 Å². The van der Waals surface area contributed by atoms with E-state index in [1.54, 1.807) is 6.08 Å². The Balaban J connectivity index is 1.76. The molecule has 1 N–H and O–H groups in total. The molecule has 4 nitrogen and oxygen atoms in total. The number of rotatable bonds is 6. The number of hydrogen-bond acceptors (Lipinski definition) is 3. The Hall–Kier alpha value is -1.81. The summed E-state index contributed by atoms with van der Waals surface area (Å²) in [5, 5.41) is 3.73. The summed E-state index contributed by atoms with van der Waals surface area (Å²) in [5.74, 6) is 1.11. The van der Waals surface area contributed by atoms with Gasteiger partial charge >= 0.3 is 0 Å². The average Bonchev–Trinajstić information content (AvgIpc) is 3.05. The van der Waals surface area contributed by atoms with Crippen LogP contribution in [0.15, 0.2) is 24.3 Å². The summed E-state index contributed by atoms with van der Waals surface area (Å²) in [6.07, 6.45) is 8.77. The summed E-state index contributed by atoms with van der Waals surface area (Å²) in [4.78, 5) is 15.3. The van der Waals surface area contributed by atoms with E-state index in [4.69, 9.17) is 4.74 Å². The third kappa shape index (κ3) is 5.16. The van der Waals surface area contributed by atoms with Crippen molar-refractivity contribution in [3.8, 4) is 5.75 Å². The lowest BCUT2D eigenvalue weighted by Crippen LogP contribution is -2.62. The lowest BCUT2D eigenvalue weighted by atomic mass is 9.79. The molecular formula is C24H36N2O2. The van der Waals surface area contributed by atoms with Crippen molar-refractivity contribution in [3.05, 3.63) is 35.4 Å². The number of piperidine rings is 1. The maximum absolute atomic E-state index is 13.2. The molecule has 2 aliphatic heterocycles. The van der Waals surface area contributed by atoms with Gasteiger partial charge in [0.15, 0.2) is 0 Å². The van der Waals surface area contributed by atoms with Crippen LogP contribution in [0.4, 0.5) is 0 Å². The van der Waals surface area contributed by atoms with E-state index in [1.807, 2.05) is 18.2 Å². The standard InChI is InChI=1S/C24H36N2O2/c1-6-7-13-26(20-16-23(2,3)25-24(4,5)17-20)22(27)11-9-18-8-10-21-19(15-18)12-14-28-21/h8-11,15,20,25H,6-7,12-14,16-17H2,1-5H3/b11-9+. The number of ether oxygens (including phenoxy) is 1. The van der Waals surface area contributed by atoms with Crippen LogP contribution in [-0.4, -0.2) is 41.1 Å². The Bertz CT molecular complexity index is 720. The quantitative estimate of drug-likeness (QED) is 0.730. The lowest BCUT2D eigenvalue weighted by molar-refractivity contribution is -0.130. The van der Waals surface area contributed by atoms with Crippen molar-refractivity contribution in [1.29, 1.82) is 0 Å². The number of carbonyl (C=O) groups is 1. The maximum Gasteiger partial charge on any atom is 0.246 e. The largest absolute Gasteiger partial charge is 0.493 e. The zero-order valence-electron chi connectivity index (χ0n) is 18.2. The van der Waals surface area contributed by atoms with Crippen LogP contribution in [0, 0.1) is 0 Å². The smallest absolute Gasteiger partial charge is 0.246 e. The highest BCUT2D eigenvalue weighted by atomic mass is 16.5. The van der Waals surface area contributed by atoms with Gasteiger partial charge in [-0.2, -0.15) is 0 Å². The molecule has 0 saturated carbocycles. The van der Waals surface area contributed by atoms with Gasteiger partial charge in [0.2, 0.25) is 5.91 Å². The lowest BCUT2D eigenvalue weighted by Gasteiger charge is -2.49. The molecule has 0 aliphatic carbocycles.